The molecule has 11 heteroatoms. The lowest BCUT2D eigenvalue weighted by molar-refractivity contribution is -0.143. The fourth-order valence-electron chi connectivity index (χ4n) is 5.39. The van der Waals surface area contributed by atoms with Crippen LogP contribution in [0.25, 0.3) is 0 Å². The number of amides is 3. The average Bonchev–Trinajstić information content (AvgIpc) is 3.10. The number of rotatable bonds is 7. The zero-order chi connectivity index (χ0) is 25.6. The van der Waals surface area contributed by atoms with Crippen LogP contribution in [0.2, 0.25) is 0 Å². The summed E-state index contributed by atoms with van der Waals surface area (Å²) in [5.74, 6) is -1.42. The molecule has 34 heavy (non-hydrogen) atoms. The number of fused-ring (bicyclic) bond motifs is 1. The number of likely N-dealkylation sites (tertiary alicyclic amines) is 1. The molecule has 3 rings (SSSR count). The van der Waals surface area contributed by atoms with Crippen molar-refractivity contribution < 1.29 is 23.2 Å². The molecule has 3 N–H and O–H groups in total. The van der Waals surface area contributed by atoms with Crippen molar-refractivity contribution in [3.05, 3.63) is 0 Å². The highest BCUT2D eigenvalue weighted by Gasteiger charge is 2.69. The Morgan fingerprint density at radius 2 is 1.97 bits per heavy atom. The number of nitrogens with one attached hydrogen (secondary N) is 3. The second kappa shape index (κ2) is 9.36. The van der Waals surface area contributed by atoms with Crippen LogP contribution in [0.3, 0.4) is 0 Å². The molecular formula is C23H33F2N5O3S. The Morgan fingerprint density at radius 1 is 1.32 bits per heavy atom. The molecule has 0 aromatic carbocycles. The molecule has 3 fully saturated rings. The Bertz CT molecular complexity index is 913. The lowest BCUT2D eigenvalue weighted by Gasteiger charge is -2.38. The molecule has 0 aromatic heterocycles. The first kappa shape index (κ1) is 26.3. The van der Waals surface area contributed by atoms with Gasteiger partial charge in [-0.3, -0.25) is 14.4 Å². The van der Waals surface area contributed by atoms with E-state index in [2.05, 4.69) is 22.0 Å². The fourth-order valence-corrected chi connectivity index (χ4v) is 5.51. The van der Waals surface area contributed by atoms with Crippen molar-refractivity contribution in [2.45, 2.75) is 72.0 Å². The van der Waals surface area contributed by atoms with Gasteiger partial charge in [-0.1, -0.05) is 46.8 Å². The normalized spacial score (nSPS) is 29.0. The van der Waals surface area contributed by atoms with Crippen LogP contribution in [-0.4, -0.2) is 65.3 Å². The molecule has 0 spiro atoms. The lowest BCUT2D eigenvalue weighted by atomic mass is 9.85. The van der Waals surface area contributed by atoms with Crippen molar-refractivity contribution in [3.8, 4) is 6.07 Å². The van der Waals surface area contributed by atoms with Gasteiger partial charge in [0.05, 0.1) is 6.07 Å². The molecule has 1 saturated carbocycles. The van der Waals surface area contributed by atoms with Gasteiger partial charge in [0, 0.05) is 19.0 Å². The van der Waals surface area contributed by atoms with E-state index in [0.717, 1.165) is 0 Å². The number of nitriles is 1. The van der Waals surface area contributed by atoms with Crippen molar-refractivity contribution in [2.75, 3.05) is 13.1 Å². The molecule has 2 heterocycles. The van der Waals surface area contributed by atoms with Crippen LogP contribution in [0.4, 0.5) is 8.78 Å². The number of carbonyl (C=O) groups is 3. The standard InChI is InChI=1S/C23H33F2N5O3S/c1-22(2,3)16(29-20(34)17(24)25)21(33)30-10-13-14(23(13,4)5)15(30)19(32)28-12(9-26)8-11-6-7-27-18(11)31/h11-17H,6-8,10H2,1-5H3,(H,27,31)(H,28,32)(H,29,34)/t11-,12-,13-,14-,15-,16+/m0/s1. The third-order valence-corrected chi connectivity index (χ3v) is 7.81. The van der Waals surface area contributed by atoms with Crippen molar-refractivity contribution in [1.29, 1.82) is 5.26 Å². The summed E-state index contributed by atoms with van der Waals surface area (Å²) >= 11 is 4.74. The van der Waals surface area contributed by atoms with Gasteiger partial charge in [-0.15, -0.1) is 0 Å². The molecule has 2 saturated heterocycles. The molecule has 8 nitrogen and oxygen atoms in total. The van der Waals surface area contributed by atoms with E-state index in [-0.39, 0.29) is 35.5 Å². The van der Waals surface area contributed by atoms with E-state index in [1.54, 1.807) is 20.8 Å². The first-order valence-electron chi connectivity index (χ1n) is 11.6. The fraction of sp³-hybridized carbons (Fsp3) is 0.783. The van der Waals surface area contributed by atoms with Gasteiger partial charge in [0.25, 0.3) is 6.43 Å². The van der Waals surface area contributed by atoms with Crippen LogP contribution in [0.15, 0.2) is 0 Å². The summed E-state index contributed by atoms with van der Waals surface area (Å²) in [6.07, 6.45) is -2.11. The first-order valence-corrected chi connectivity index (χ1v) is 12.0. The van der Waals surface area contributed by atoms with Crippen LogP contribution in [0, 0.1) is 39.9 Å². The van der Waals surface area contributed by atoms with E-state index in [1.165, 1.54) is 4.90 Å². The zero-order valence-electron chi connectivity index (χ0n) is 20.2. The van der Waals surface area contributed by atoms with Crippen LogP contribution in [-0.2, 0) is 14.4 Å². The maximum absolute atomic E-state index is 13.6. The Labute approximate surface area is 204 Å². The smallest absolute Gasteiger partial charge is 0.288 e. The molecule has 3 amide bonds. The van der Waals surface area contributed by atoms with E-state index in [9.17, 15) is 28.4 Å². The molecule has 3 aliphatic rings. The van der Waals surface area contributed by atoms with Crippen molar-refractivity contribution in [1.82, 2.24) is 20.9 Å². The van der Waals surface area contributed by atoms with E-state index >= 15 is 0 Å². The minimum Gasteiger partial charge on any atom is -0.363 e. The second-order valence-electron chi connectivity index (χ2n) is 11.2. The molecule has 0 aromatic rings. The largest absolute Gasteiger partial charge is 0.363 e. The van der Waals surface area contributed by atoms with Crippen molar-refractivity contribution >= 4 is 34.9 Å². The monoisotopic (exact) mass is 497 g/mol. The first-order chi connectivity index (χ1) is 15.7. The number of halogens is 2. The summed E-state index contributed by atoms with van der Waals surface area (Å²) in [6.45, 7) is 10.1. The molecule has 6 atom stereocenters. The number of carbonyl (C=O) groups excluding carboxylic acids is 3. The van der Waals surface area contributed by atoms with Crippen LogP contribution >= 0.6 is 12.2 Å². The quantitative estimate of drug-likeness (QED) is 0.461. The van der Waals surface area contributed by atoms with Crippen LogP contribution in [0.1, 0.15) is 47.5 Å². The SMILES string of the molecule is CC(C)(C)[C@H](NC(=S)C(F)F)C(=O)N1C[C@H]2[C@@H]([C@H]1C(=O)N[C@H](C#N)C[C@@H]1CCNC1=O)C2(C)C. The Hall–Kier alpha value is -2.35. The molecule has 0 unspecified atom stereocenters. The molecule has 0 radical (unpaired) electrons. The third kappa shape index (κ3) is 5.02. The van der Waals surface area contributed by atoms with Gasteiger partial charge in [-0.2, -0.15) is 5.26 Å². The number of alkyl halides is 2. The zero-order valence-corrected chi connectivity index (χ0v) is 21.0. The summed E-state index contributed by atoms with van der Waals surface area (Å²) in [5.41, 5.74) is -0.903. The van der Waals surface area contributed by atoms with Crippen molar-refractivity contribution in [3.63, 3.8) is 0 Å². The second-order valence-corrected chi connectivity index (χ2v) is 11.6. The molecule has 2 aliphatic heterocycles. The minimum atomic E-state index is -2.90. The van der Waals surface area contributed by atoms with E-state index in [0.29, 0.717) is 19.5 Å². The summed E-state index contributed by atoms with van der Waals surface area (Å²) < 4.78 is 26.2. The lowest BCUT2D eigenvalue weighted by Crippen LogP contribution is -2.60. The topological polar surface area (TPSA) is 114 Å². The molecule has 1 aliphatic carbocycles. The Morgan fingerprint density at radius 3 is 2.47 bits per heavy atom. The highest BCUT2D eigenvalue weighted by molar-refractivity contribution is 7.80. The number of hydrogen-bond donors (Lipinski definition) is 3. The summed E-state index contributed by atoms with van der Waals surface area (Å²) in [6, 6.07) is -0.688. The van der Waals surface area contributed by atoms with E-state index < -0.39 is 46.8 Å². The summed E-state index contributed by atoms with van der Waals surface area (Å²) in [4.78, 5) is 39.6. The highest BCUT2D eigenvalue weighted by Crippen LogP contribution is 2.65. The molecule has 188 valence electrons. The number of piperidine rings is 1. The van der Waals surface area contributed by atoms with Gasteiger partial charge in [0.15, 0.2) is 0 Å². The van der Waals surface area contributed by atoms with Gasteiger partial charge in [-0.05, 0) is 35.5 Å². The summed E-state index contributed by atoms with van der Waals surface area (Å²) in [5, 5.41) is 17.6. The Kier molecular flexibility index (Phi) is 7.23. The molecule has 0 bridgehead atoms. The van der Waals surface area contributed by atoms with Crippen molar-refractivity contribution in [2.24, 2.45) is 28.6 Å². The van der Waals surface area contributed by atoms with Gasteiger partial charge in [0.2, 0.25) is 17.7 Å². The predicted octanol–water partition coefficient (Wildman–Crippen LogP) is 1.60. The van der Waals surface area contributed by atoms with Gasteiger partial charge < -0.3 is 20.9 Å². The number of nitrogens with zero attached hydrogens (tertiary/aromatic N) is 2. The van der Waals surface area contributed by atoms with E-state index in [1.807, 2.05) is 13.8 Å². The number of hydrogen-bond acceptors (Lipinski definition) is 5. The van der Waals surface area contributed by atoms with Crippen LogP contribution < -0.4 is 16.0 Å². The predicted molar refractivity (Wildman–Crippen MR) is 125 cm³/mol. The van der Waals surface area contributed by atoms with Gasteiger partial charge in [-0.25, -0.2) is 8.78 Å². The number of thiocarbonyl (C=S) groups is 1. The Balaban J connectivity index is 1.79. The maximum atomic E-state index is 13.6. The summed E-state index contributed by atoms with van der Waals surface area (Å²) in [7, 11) is 0. The highest BCUT2D eigenvalue weighted by atomic mass is 32.1. The maximum Gasteiger partial charge on any atom is 0.288 e. The molecular weight excluding hydrogens is 464 g/mol. The average molecular weight is 498 g/mol. The van der Waals surface area contributed by atoms with Gasteiger partial charge >= 0.3 is 0 Å². The van der Waals surface area contributed by atoms with E-state index in [4.69, 9.17) is 12.2 Å². The third-order valence-electron chi connectivity index (χ3n) is 7.51. The minimum absolute atomic E-state index is 0.0935. The van der Waals surface area contributed by atoms with Crippen LogP contribution in [0.5, 0.6) is 0 Å². The van der Waals surface area contributed by atoms with Gasteiger partial charge in [0.1, 0.15) is 23.1 Å².